The Morgan fingerprint density at radius 2 is 1.82 bits per heavy atom. The van der Waals surface area contributed by atoms with Crippen molar-refractivity contribution >= 4 is 37.0 Å². The minimum atomic E-state index is -1.86. The predicted molar refractivity (Wildman–Crippen MR) is 108 cm³/mol. The van der Waals surface area contributed by atoms with E-state index >= 15 is 0 Å². The maximum absolute atomic E-state index is 6.37. The molecule has 0 aliphatic carbocycles. The smallest absolute Gasteiger partial charge is 0.250 e. The second kappa shape index (κ2) is 7.68. The Kier molecular flexibility index (Phi) is 6.74. The first-order chi connectivity index (χ1) is 10.1. The molecule has 0 heterocycles. The van der Waals surface area contributed by atoms with Gasteiger partial charge in [-0.3, -0.25) is 0 Å². The van der Waals surface area contributed by atoms with Crippen LogP contribution in [0.15, 0.2) is 33.9 Å². The van der Waals surface area contributed by atoms with Gasteiger partial charge in [-0.2, -0.15) is 0 Å². The van der Waals surface area contributed by atoms with Crippen LogP contribution in [0.25, 0.3) is 6.08 Å². The van der Waals surface area contributed by atoms with Crippen LogP contribution in [-0.4, -0.2) is 15.4 Å². The van der Waals surface area contributed by atoms with E-state index in [0.29, 0.717) is 0 Å². The van der Waals surface area contributed by atoms with Crippen molar-refractivity contribution in [2.24, 2.45) is 0 Å². The van der Waals surface area contributed by atoms with Crippen LogP contribution in [0.2, 0.25) is 18.1 Å². The molecule has 0 aromatic heterocycles. The summed E-state index contributed by atoms with van der Waals surface area (Å²) in [6, 6.07) is 6.13. The molecule has 1 aromatic rings. The second-order valence-electron chi connectivity index (χ2n) is 6.95. The van der Waals surface area contributed by atoms with Gasteiger partial charge >= 0.3 is 0 Å². The number of ether oxygens (including phenoxy) is 1. The number of allylic oxidation sites excluding steroid dienone is 2. The SMILES string of the molecule is COc1cc(C=C(C)C=CI)ccc1O[Si](C)(C)C(C)(C)C. The molecule has 0 unspecified atom stereocenters. The molecular weight excluding hydrogens is 403 g/mol. The molecule has 4 heteroatoms. The Balaban J connectivity index is 3.12. The fourth-order valence-electron chi connectivity index (χ4n) is 1.70. The Labute approximate surface area is 149 Å². The summed E-state index contributed by atoms with van der Waals surface area (Å²) in [4.78, 5) is 0. The maximum Gasteiger partial charge on any atom is 0.250 e. The zero-order chi connectivity index (χ0) is 17.0. The van der Waals surface area contributed by atoms with E-state index in [2.05, 4.69) is 81.6 Å². The zero-order valence-corrected chi connectivity index (χ0v) is 17.8. The van der Waals surface area contributed by atoms with Crippen molar-refractivity contribution in [2.45, 2.75) is 45.8 Å². The van der Waals surface area contributed by atoms with Crippen LogP contribution in [0.3, 0.4) is 0 Å². The van der Waals surface area contributed by atoms with E-state index in [1.807, 2.05) is 16.2 Å². The molecule has 0 bridgehead atoms. The van der Waals surface area contributed by atoms with Crippen molar-refractivity contribution in [3.63, 3.8) is 0 Å². The van der Waals surface area contributed by atoms with Crippen molar-refractivity contribution in [1.29, 1.82) is 0 Å². The van der Waals surface area contributed by atoms with Crippen molar-refractivity contribution in [3.8, 4) is 11.5 Å². The molecule has 0 saturated heterocycles. The molecule has 122 valence electrons. The minimum absolute atomic E-state index is 0.165. The van der Waals surface area contributed by atoms with E-state index in [4.69, 9.17) is 9.16 Å². The molecule has 0 spiro atoms. The Morgan fingerprint density at radius 1 is 1.18 bits per heavy atom. The fourth-order valence-corrected chi connectivity index (χ4v) is 3.29. The highest BCUT2D eigenvalue weighted by Gasteiger charge is 2.39. The zero-order valence-electron chi connectivity index (χ0n) is 14.7. The molecule has 22 heavy (non-hydrogen) atoms. The Hall–Kier alpha value is -0.753. The van der Waals surface area contributed by atoms with E-state index in [0.717, 1.165) is 17.1 Å². The van der Waals surface area contributed by atoms with Crippen LogP contribution in [0.1, 0.15) is 33.3 Å². The van der Waals surface area contributed by atoms with Gasteiger partial charge in [0.15, 0.2) is 5.75 Å². The third-order valence-electron chi connectivity index (χ3n) is 4.08. The number of benzene rings is 1. The molecule has 0 aliphatic rings. The molecule has 0 fully saturated rings. The summed E-state index contributed by atoms with van der Waals surface area (Å²) < 4.78 is 13.9. The second-order valence-corrected chi connectivity index (χ2v) is 12.4. The average molecular weight is 430 g/mol. The molecule has 1 aromatic carbocycles. The molecule has 0 radical (unpaired) electrons. The van der Waals surface area contributed by atoms with Gasteiger partial charge in [0, 0.05) is 0 Å². The summed E-state index contributed by atoms with van der Waals surface area (Å²) in [5.74, 6) is 1.64. The Bertz CT molecular complexity index is 569. The van der Waals surface area contributed by atoms with Gasteiger partial charge in [0.25, 0.3) is 8.32 Å². The van der Waals surface area contributed by atoms with Gasteiger partial charge in [0.1, 0.15) is 5.75 Å². The first-order valence-corrected chi connectivity index (χ1v) is 11.6. The van der Waals surface area contributed by atoms with Gasteiger partial charge in [-0.25, -0.2) is 0 Å². The highest BCUT2D eigenvalue weighted by molar-refractivity contribution is 14.1. The van der Waals surface area contributed by atoms with E-state index in [1.165, 1.54) is 5.57 Å². The van der Waals surface area contributed by atoms with Gasteiger partial charge in [0.05, 0.1) is 7.11 Å². The summed E-state index contributed by atoms with van der Waals surface area (Å²) in [7, 11) is -0.170. The number of hydrogen-bond donors (Lipinski definition) is 0. The van der Waals surface area contributed by atoms with Gasteiger partial charge in [-0.15, -0.1) is 0 Å². The lowest BCUT2D eigenvalue weighted by Gasteiger charge is -2.36. The van der Waals surface area contributed by atoms with E-state index in [-0.39, 0.29) is 5.04 Å². The monoisotopic (exact) mass is 430 g/mol. The summed E-state index contributed by atoms with van der Waals surface area (Å²) in [6.07, 6.45) is 4.21. The average Bonchev–Trinajstić information content (AvgIpc) is 2.39. The van der Waals surface area contributed by atoms with Gasteiger partial charge < -0.3 is 9.16 Å². The molecule has 0 N–H and O–H groups in total. The van der Waals surface area contributed by atoms with E-state index < -0.39 is 8.32 Å². The topological polar surface area (TPSA) is 18.5 Å². The predicted octanol–water partition coefficient (Wildman–Crippen LogP) is 6.43. The van der Waals surface area contributed by atoms with E-state index in [9.17, 15) is 0 Å². The lowest BCUT2D eigenvalue weighted by atomic mass is 10.1. The molecule has 2 nitrogen and oxygen atoms in total. The third-order valence-corrected chi connectivity index (χ3v) is 8.78. The third kappa shape index (κ3) is 5.16. The largest absolute Gasteiger partial charge is 0.541 e. The number of halogens is 1. The van der Waals surface area contributed by atoms with Crippen LogP contribution < -0.4 is 9.16 Å². The van der Waals surface area contributed by atoms with Crippen molar-refractivity contribution < 1.29 is 9.16 Å². The number of hydrogen-bond acceptors (Lipinski definition) is 2. The number of methoxy groups -OCH3 is 1. The summed E-state index contributed by atoms with van der Waals surface area (Å²) >= 11 is 2.23. The van der Waals surface area contributed by atoms with Gasteiger partial charge in [0.2, 0.25) is 0 Å². The van der Waals surface area contributed by atoms with Gasteiger partial charge in [-0.05, 0) is 46.8 Å². The molecular formula is C18H27IO2Si. The van der Waals surface area contributed by atoms with E-state index in [1.54, 1.807) is 7.11 Å². The summed E-state index contributed by atoms with van der Waals surface area (Å²) in [5.41, 5.74) is 2.32. The number of rotatable bonds is 5. The summed E-state index contributed by atoms with van der Waals surface area (Å²) in [6.45, 7) is 13.3. The van der Waals surface area contributed by atoms with Crippen molar-refractivity contribution in [1.82, 2.24) is 0 Å². The quantitative estimate of drug-likeness (QED) is 0.304. The minimum Gasteiger partial charge on any atom is -0.541 e. The lowest BCUT2D eigenvalue weighted by molar-refractivity contribution is 0.386. The highest BCUT2D eigenvalue weighted by Crippen LogP contribution is 2.40. The highest BCUT2D eigenvalue weighted by atomic mass is 127. The standard InChI is InChI=1S/C18H27IO2Si/c1-14(10-11-19)12-15-8-9-16(17(13-15)20-5)21-22(6,7)18(2,3)4/h8-13H,1-7H3. The molecule has 1 rings (SSSR count). The van der Waals surface area contributed by atoms with Gasteiger partial charge in [-0.1, -0.05) is 67.2 Å². The fraction of sp³-hybridized carbons (Fsp3) is 0.444. The first-order valence-electron chi connectivity index (χ1n) is 7.43. The molecule has 0 atom stereocenters. The first kappa shape index (κ1) is 19.3. The van der Waals surface area contributed by atoms with Crippen LogP contribution >= 0.6 is 22.6 Å². The lowest BCUT2D eigenvalue weighted by Crippen LogP contribution is -2.43. The van der Waals surface area contributed by atoms with Crippen molar-refractivity contribution in [2.75, 3.05) is 7.11 Å². The van der Waals surface area contributed by atoms with Crippen LogP contribution in [0.5, 0.6) is 11.5 Å². The molecule has 0 aliphatic heterocycles. The summed E-state index contributed by atoms with van der Waals surface area (Å²) in [5, 5.41) is 0.165. The van der Waals surface area contributed by atoms with Crippen LogP contribution in [0.4, 0.5) is 0 Å². The van der Waals surface area contributed by atoms with Crippen LogP contribution in [-0.2, 0) is 0 Å². The Morgan fingerprint density at radius 3 is 2.32 bits per heavy atom. The normalized spacial score (nSPS) is 13.5. The van der Waals surface area contributed by atoms with Crippen LogP contribution in [0, 0.1) is 0 Å². The molecule has 0 saturated carbocycles. The maximum atomic E-state index is 6.37. The molecule has 0 amide bonds. The van der Waals surface area contributed by atoms with Crippen molar-refractivity contribution in [3.05, 3.63) is 39.5 Å².